The molecule has 1 unspecified atom stereocenters. The van der Waals surface area contributed by atoms with Gasteiger partial charge in [0, 0.05) is 6.54 Å². The fourth-order valence-electron chi connectivity index (χ4n) is 2.39. The molecule has 2 aromatic carbocycles. The van der Waals surface area contributed by atoms with Crippen molar-refractivity contribution < 1.29 is 4.79 Å². The lowest BCUT2D eigenvalue weighted by molar-refractivity contribution is -0.120. The molecule has 0 bridgehead atoms. The number of nitrogens with one attached hydrogen (secondary N) is 1. The lowest BCUT2D eigenvalue weighted by atomic mass is 10.0. The molecule has 1 amide bonds. The fourth-order valence-corrected chi connectivity index (χ4v) is 2.71. The minimum absolute atomic E-state index is 0.324. The van der Waals surface area contributed by atoms with Gasteiger partial charge in [-0.3, -0.25) is 4.79 Å². The second-order valence-corrected chi connectivity index (χ2v) is 6.28. The van der Waals surface area contributed by atoms with Crippen molar-refractivity contribution in [2.75, 3.05) is 0 Å². The number of rotatable bonds is 8. The summed E-state index contributed by atoms with van der Waals surface area (Å²) in [7, 11) is 0. The van der Waals surface area contributed by atoms with Gasteiger partial charge in [-0.1, -0.05) is 59.6 Å². The fraction of sp³-hybridized carbons (Fsp3) is 0.278. The third-order valence-corrected chi connectivity index (χ3v) is 4.42. The van der Waals surface area contributed by atoms with E-state index in [1.165, 1.54) is 0 Å². The minimum atomic E-state index is -0.335. The number of carbonyl (C=O) groups excluding carboxylic acids is 1. The third-order valence-electron chi connectivity index (χ3n) is 3.68. The van der Waals surface area contributed by atoms with E-state index in [0.717, 1.165) is 24.0 Å². The van der Waals surface area contributed by atoms with Gasteiger partial charge in [-0.15, -0.1) is 0 Å². The Hall–Kier alpha value is -1.55. The molecule has 3 nitrogen and oxygen atoms in total. The highest BCUT2D eigenvalue weighted by Gasteiger charge is 2.14. The van der Waals surface area contributed by atoms with Crippen LogP contribution in [-0.4, -0.2) is 11.9 Å². The van der Waals surface area contributed by atoms with E-state index in [1.807, 2.05) is 42.5 Å². The van der Waals surface area contributed by atoms with Crippen LogP contribution in [0.25, 0.3) is 0 Å². The van der Waals surface area contributed by atoms with Gasteiger partial charge >= 0.3 is 0 Å². The first kappa shape index (κ1) is 17.8. The number of nitrogens with two attached hydrogens (primary N) is 1. The molecule has 2 rings (SSSR count). The van der Waals surface area contributed by atoms with Crippen LogP contribution in [0.2, 0.25) is 10.0 Å². The Morgan fingerprint density at radius 3 is 2.43 bits per heavy atom. The lowest BCUT2D eigenvalue weighted by Crippen LogP contribution is -2.40. The average Bonchev–Trinajstić information content (AvgIpc) is 2.54. The normalized spacial score (nSPS) is 12.1. The van der Waals surface area contributed by atoms with E-state index in [0.29, 0.717) is 23.0 Å². The number of hydrogen-bond acceptors (Lipinski definition) is 2. The van der Waals surface area contributed by atoms with Gasteiger partial charge in [0.05, 0.1) is 16.1 Å². The molecule has 0 heterocycles. The first-order valence-corrected chi connectivity index (χ1v) is 8.32. The maximum Gasteiger partial charge on any atom is 0.234 e. The van der Waals surface area contributed by atoms with Gasteiger partial charge in [-0.25, -0.2) is 0 Å². The molecule has 0 saturated heterocycles. The van der Waals surface area contributed by atoms with Gasteiger partial charge in [-0.2, -0.15) is 0 Å². The van der Waals surface area contributed by atoms with Crippen molar-refractivity contribution in [3.63, 3.8) is 0 Å². The molecule has 122 valence electrons. The van der Waals surface area contributed by atoms with E-state index in [4.69, 9.17) is 28.9 Å². The molecule has 23 heavy (non-hydrogen) atoms. The standard InChI is InChI=1S/C18H20Cl2N2O/c19-15-10-9-13(11-16(15)20)7-4-8-17(18(21)23)22-12-14-5-2-1-3-6-14/h1-3,5-6,9-11,17,22H,4,7-8,12H2,(H2,21,23). The quantitative estimate of drug-likeness (QED) is 0.756. The van der Waals surface area contributed by atoms with Crippen molar-refractivity contribution in [3.05, 3.63) is 69.7 Å². The van der Waals surface area contributed by atoms with Crippen molar-refractivity contribution in [1.82, 2.24) is 5.32 Å². The number of primary amides is 1. The van der Waals surface area contributed by atoms with E-state index >= 15 is 0 Å². The molecule has 0 radical (unpaired) electrons. The van der Waals surface area contributed by atoms with Crippen molar-refractivity contribution >= 4 is 29.1 Å². The van der Waals surface area contributed by atoms with Crippen LogP contribution in [-0.2, 0) is 17.8 Å². The van der Waals surface area contributed by atoms with Crippen molar-refractivity contribution in [1.29, 1.82) is 0 Å². The van der Waals surface area contributed by atoms with Crippen LogP contribution in [0.3, 0.4) is 0 Å². The summed E-state index contributed by atoms with van der Waals surface area (Å²) in [6.45, 7) is 0.626. The maximum atomic E-state index is 11.6. The highest BCUT2D eigenvalue weighted by Crippen LogP contribution is 2.23. The molecule has 2 aromatic rings. The highest BCUT2D eigenvalue weighted by molar-refractivity contribution is 6.42. The number of halogens is 2. The molecule has 0 saturated carbocycles. The van der Waals surface area contributed by atoms with Gasteiger partial charge in [0.25, 0.3) is 0 Å². The second kappa shape index (κ2) is 8.92. The summed E-state index contributed by atoms with van der Waals surface area (Å²) in [5.74, 6) is -0.324. The maximum absolute atomic E-state index is 11.6. The topological polar surface area (TPSA) is 55.1 Å². The largest absolute Gasteiger partial charge is 0.368 e. The zero-order chi connectivity index (χ0) is 16.7. The van der Waals surface area contributed by atoms with Gasteiger partial charge in [0.15, 0.2) is 0 Å². The minimum Gasteiger partial charge on any atom is -0.368 e. The molecule has 0 aliphatic heterocycles. The molecule has 0 fully saturated rings. The van der Waals surface area contributed by atoms with Crippen molar-refractivity contribution in [2.24, 2.45) is 5.73 Å². The van der Waals surface area contributed by atoms with Crippen LogP contribution >= 0.6 is 23.2 Å². The van der Waals surface area contributed by atoms with E-state index in [-0.39, 0.29) is 11.9 Å². The Kier molecular flexibility index (Phi) is 6.90. The van der Waals surface area contributed by atoms with Crippen LogP contribution in [0.1, 0.15) is 24.0 Å². The number of amides is 1. The monoisotopic (exact) mass is 350 g/mol. The molecule has 0 spiro atoms. The lowest BCUT2D eigenvalue weighted by Gasteiger charge is -2.15. The molecule has 0 aromatic heterocycles. The summed E-state index contributed by atoms with van der Waals surface area (Å²) in [5.41, 5.74) is 7.71. The van der Waals surface area contributed by atoms with Gasteiger partial charge in [0.1, 0.15) is 0 Å². The number of hydrogen-bond donors (Lipinski definition) is 2. The molecule has 5 heteroatoms. The Balaban J connectivity index is 1.82. The summed E-state index contributed by atoms with van der Waals surface area (Å²) >= 11 is 11.9. The molecule has 3 N–H and O–H groups in total. The molecular formula is C18H20Cl2N2O. The number of benzene rings is 2. The van der Waals surface area contributed by atoms with Crippen LogP contribution in [0.15, 0.2) is 48.5 Å². The SMILES string of the molecule is NC(=O)C(CCCc1ccc(Cl)c(Cl)c1)NCc1ccccc1. The summed E-state index contributed by atoms with van der Waals surface area (Å²) in [6, 6.07) is 15.2. The number of carbonyl (C=O) groups is 1. The molecule has 1 atom stereocenters. The average molecular weight is 351 g/mol. The van der Waals surface area contributed by atoms with E-state index in [9.17, 15) is 4.79 Å². The van der Waals surface area contributed by atoms with Gasteiger partial charge in [-0.05, 0) is 42.5 Å². The summed E-state index contributed by atoms with van der Waals surface area (Å²) in [6.07, 6.45) is 2.35. The molecule has 0 aliphatic rings. The first-order valence-electron chi connectivity index (χ1n) is 7.57. The second-order valence-electron chi connectivity index (χ2n) is 5.46. The van der Waals surface area contributed by atoms with Gasteiger partial charge < -0.3 is 11.1 Å². The van der Waals surface area contributed by atoms with Gasteiger partial charge in [0.2, 0.25) is 5.91 Å². The Morgan fingerprint density at radius 1 is 1.04 bits per heavy atom. The van der Waals surface area contributed by atoms with E-state index < -0.39 is 0 Å². The third kappa shape index (κ3) is 5.87. The van der Waals surface area contributed by atoms with E-state index in [2.05, 4.69) is 5.32 Å². The van der Waals surface area contributed by atoms with Crippen molar-refractivity contribution in [3.8, 4) is 0 Å². The highest BCUT2D eigenvalue weighted by atomic mass is 35.5. The Morgan fingerprint density at radius 2 is 1.78 bits per heavy atom. The van der Waals surface area contributed by atoms with Crippen LogP contribution in [0.4, 0.5) is 0 Å². The van der Waals surface area contributed by atoms with Crippen molar-refractivity contribution in [2.45, 2.75) is 31.8 Å². The molecule has 0 aliphatic carbocycles. The Labute approximate surface area is 146 Å². The Bertz CT molecular complexity index is 647. The summed E-state index contributed by atoms with van der Waals surface area (Å²) in [5, 5.41) is 4.32. The summed E-state index contributed by atoms with van der Waals surface area (Å²) < 4.78 is 0. The van der Waals surface area contributed by atoms with E-state index in [1.54, 1.807) is 6.07 Å². The van der Waals surface area contributed by atoms with Crippen LogP contribution in [0, 0.1) is 0 Å². The zero-order valence-corrected chi connectivity index (χ0v) is 14.3. The summed E-state index contributed by atoms with van der Waals surface area (Å²) in [4.78, 5) is 11.6. The first-order chi connectivity index (χ1) is 11.1. The smallest absolute Gasteiger partial charge is 0.234 e. The van der Waals surface area contributed by atoms with Crippen LogP contribution < -0.4 is 11.1 Å². The molecular weight excluding hydrogens is 331 g/mol. The number of aryl methyl sites for hydroxylation is 1. The predicted octanol–water partition coefficient (Wildman–Crippen LogP) is 3.96. The zero-order valence-electron chi connectivity index (χ0n) is 12.8. The van der Waals surface area contributed by atoms with Crippen LogP contribution in [0.5, 0.6) is 0 Å². The predicted molar refractivity (Wildman–Crippen MR) is 95.7 cm³/mol.